The van der Waals surface area contributed by atoms with Crippen molar-refractivity contribution >= 4 is 57.8 Å². The molecule has 0 saturated carbocycles. The molecule has 33 heavy (non-hydrogen) atoms. The lowest BCUT2D eigenvalue weighted by molar-refractivity contribution is -0.113. The number of thioether (sulfide) groups is 1. The van der Waals surface area contributed by atoms with E-state index in [1.54, 1.807) is 18.2 Å². The number of hydrogen-bond acceptors (Lipinski definition) is 5. The van der Waals surface area contributed by atoms with Crippen molar-refractivity contribution in [2.45, 2.75) is 6.92 Å². The average molecular weight is 498 g/mol. The summed E-state index contributed by atoms with van der Waals surface area (Å²) < 4.78 is 5.91. The smallest absolute Gasteiger partial charge is 0.286 e. The maximum Gasteiger partial charge on any atom is 0.286 e. The summed E-state index contributed by atoms with van der Waals surface area (Å²) in [7, 11) is 0. The van der Waals surface area contributed by atoms with E-state index < -0.39 is 0 Å². The van der Waals surface area contributed by atoms with Crippen molar-refractivity contribution in [1.29, 1.82) is 0 Å². The van der Waals surface area contributed by atoms with Gasteiger partial charge in [0.1, 0.15) is 11.5 Å². The highest BCUT2D eigenvalue weighted by atomic mass is 35.5. The Labute approximate surface area is 206 Å². The van der Waals surface area contributed by atoms with Gasteiger partial charge in [0, 0.05) is 48.5 Å². The highest BCUT2D eigenvalue weighted by molar-refractivity contribution is 8.18. The van der Waals surface area contributed by atoms with Gasteiger partial charge in [-0.05, 0) is 66.7 Å². The van der Waals surface area contributed by atoms with Gasteiger partial charge in [-0.3, -0.25) is 4.79 Å². The van der Waals surface area contributed by atoms with Crippen LogP contribution in [0, 0.1) is 6.92 Å². The third-order valence-corrected chi connectivity index (χ3v) is 7.22. The molecule has 0 spiro atoms. The second kappa shape index (κ2) is 9.29. The molecule has 2 aliphatic heterocycles. The van der Waals surface area contributed by atoms with Gasteiger partial charge in [-0.25, -0.2) is 0 Å². The fourth-order valence-electron chi connectivity index (χ4n) is 3.91. The Morgan fingerprint density at radius 1 is 1.00 bits per heavy atom. The molecule has 0 N–H and O–H groups in total. The summed E-state index contributed by atoms with van der Waals surface area (Å²) in [6.07, 6.45) is 1.74. The van der Waals surface area contributed by atoms with Gasteiger partial charge >= 0.3 is 0 Å². The number of piperazine rings is 1. The summed E-state index contributed by atoms with van der Waals surface area (Å²) >= 11 is 13.7. The number of nitrogens with zero attached hydrogens (tertiary/aromatic N) is 3. The minimum atomic E-state index is -0.237. The Morgan fingerprint density at radius 2 is 1.79 bits per heavy atom. The zero-order chi connectivity index (χ0) is 22.9. The zero-order valence-electron chi connectivity index (χ0n) is 17.9. The number of amides is 1. The molecule has 0 unspecified atom stereocenters. The number of hydrogen-bond donors (Lipinski definition) is 0. The molecule has 8 heteroatoms. The van der Waals surface area contributed by atoms with E-state index >= 15 is 0 Å². The van der Waals surface area contributed by atoms with Crippen molar-refractivity contribution in [3.8, 4) is 11.3 Å². The van der Waals surface area contributed by atoms with E-state index in [1.165, 1.54) is 23.0 Å². The minimum Gasteiger partial charge on any atom is -0.457 e. The van der Waals surface area contributed by atoms with Gasteiger partial charge in [0.05, 0.1) is 9.93 Å². The predicted molar refractivity (Wildman–Crippen MR) is 137 cm³/mol. The van der Waals surface area contributed by atoms with Gasteiger partial charge in [0.15, 0.2) is 5.17 Å². The topological polar surface area (TPSA) is 49.0 Å². The van der Waals surface area contributed by atoms with Crippen molar-refractivity contribution in [2.75, 3.05) is 31.1 Å². The molecular formula is C25H21Cl2N3O2S. The molecule has 5 nitrogen and oxygen atoms in total. The van der Waals surface area contributed by atoms with Crippen LogP contribution >= 0.6 is 35.0 Å². The number of aryl methyl sites for hydroxylation is 1. The Hall–Kier alpha value is -2.67. The number of anilines is 1. The molecule has 3 aromatic rings. The molecule has 0 radical (unpaired) electrons. The van der Waals surface area contributed by atoms with Crippen LogP contribution in [-0.2, 0) is 4.79 Å². The Balaban J connectivity index is 1.24. The molecule has 1 aromatic heterocycles. The molecule has 0 atom stereocenters. The van der Waals surface area contributed by atoms with E-state index in [4.69, 9.17) is 27.6 Å². The predicted octanol–water partition coefficient (Wildman–Crippen LogP) is 6.35. The van der Waals surface area contributed by atoms with Gasteiger partial charge < -0.3 is 14.2 Å². The summed E-state index contributed by atoms with van der Waals surface area (Å²) in [5, 5.41) is 1.83. The van der Waals surface area contributed by atoms with Crippen LogP contribution < -0.4 is 4.90 Å². The van der Waals surface area contributed by atoms with Crippen molar-refractivity contribution in [3.63, 3.8) is 0 Å². The quantitative estimate of drug-likeness (QED) is 0.394. The van der Waals surface area contributed by atoms with E-state index in [0.29, 0.717) is 26.5 Å². The second-order valence-electron chi connectivity index (χ2n) is 7.95. The Morgan fingerprint density at radius 3 is 2.55 bits per heavy atom. The van der Waals surface area contributed by atoms with Gasteiger partial charge in [0.25, 0.3) is 5.91 Å². The number of benzene rings is 2. The first-order valence-electron chi connectivity index (χ1n) is 10.6. The molecule has 1 saturated heterocycles. The first kappa shape index (κ1) is 22.1. The van der Waals surface area contributed by atoms with Crippen LogP contribution in [0.5, 0.6) is 0 Å². The maximum atomic E-state index is 12.5. The summed E-state index contributed by atoms with van der Waals surface area (Å²) in [4.78, 5) is 21.9. The van der Waals surface area contributed by atoms with Crippen molar-refractivity contribution in [1.82, 2.24) is 4.90 Å². The first-order valence-corrected chi connectivity index (χ1v) is 12.2. The lowest BCUT2D eigenvalue weighted by atomic mass is 10.2. The lowest BCUT2D eigenvalue weighted by Crippen LogP contribution is -2.47. The normalized spacial score (nSPS) is 17.7. The van der Waals surface area contributed by atoms with Crippen LogP contribution in [0.1, 0.15) is 11.3 Å². The highest BCUT2D eigenvalue weighted by Crippen LogP contribution is 2.34. The third-order valence-electron chi connectivity index (χ3n) is 5.62. The summed E-state index contributed by atoms with van der Waals surface area (Å²) in [5.41, 5.74) is 3.24. The molecule has 2 aliphatic rings. The third kappa shape index (κ3) is 4.83. The van der Waals surface area contributed by atoms with E-state index in [1.807, 2.05) is 18.2 Å². The van der Waals surface area contributed by atoms with Crippen LogP contribution in [0.2, 0.25) is 10.0 Å². The number of rotatable bonds is 3. The number of carbonyl (C=O) groups is 1. The van der Waals surface area contributed by atoms with Crippen LogP contribution in [-0.4, -0.2) is 42.2 Å². The molecule has 3 heterocycles. The number of halogens is 2. The van der Waals surface area contributed by atoms with Gasteiger partial charge in [-0.1, -0.05) is 35.3 Å². The minimum absolute atomic E-state index is 0.237. The standard InChI is InChI=1S/C25H21Cl2N3O2S/c1-16-3-2-4-18(13-16)29-9-11-30(12-10-29)25-28-24(31)23(33-25)15-19-6-8-22(32-19)20-7-5-17(26)14-21(20)27/h2-8,13-15H,9-12H2,1H3/b23-15-. The first-order chi connectivity index (χ1) is 16.0. The van der Waals surface area contributed by atoms with Crippen molar-refractivity contribution in [2.24, 2.45) is 4.99 Å². The van der Waals surface area contributed by atoms with Crippen molar-refractivity contribution < 1.29 is 9.21 Å². The summed E-state index contributed by atoms with van der Waals surface area (Å²) in [5.74, 6) is 0.957. The van der Waals surface area contributed by atoms with E-state index in [9.17, 15) is 4.79 Å². The van der Waals surface area contributed by atoms with Gasteiger partial charge in [0.2, 0.25) is 0 Å². The molecule has 0 bridgehead atoms. The second-order valence-corrected chi connectivity index (χ2v) is 9.80. The molecule has 2 aromatic carbocycles. The van der Waals surface area contributed by atoms with Gasteiger partial charge in [-0.2, -0.15) is 4.99 Å². The average Bonchev–Trinajstić information content (AvgIpc) is 3.41. The van der Waals surface area contributed by atoms with Gasteiger partial charge in [-0.15, -0.1) is 0 Å². The lowest BCUT2D eigenvalue weighted by Gasteiger charge is -2.36. The van der Waals surface area contributed by atoms with E-state index in [-0.39, 0.29) is 5.91 Å². The fraction of sp³-hybridized carbons (Fsp3) is 0.200. The largest absolute Gasteiger partial charge is 0.457 e. The Kier molecular flexibility index (Phi) is 6.23. The van der Waals surface area contributed by atoms with Crippen LogP contribution in [0.15, 0.2) is 68.9 Å². The number of carbonyl (C=O) groups excluding carboxylic acids is 1. The highest BCUT2D eigenvalue weighted by Gasteiger charge is 2.29. The van der Waals surface area contributed by atoms with E-state index in [2.05, 4.69) is 46.0 Å². The molecular weight excluding hydrogens is 477 g/mol. The Bertz CT molecular complexity index is 1280. The van der Waals surface area contributed by atoms with Crippen LogP contribution in [0.25, 0.3) is 17.4 Å². The molecule has 168 valence electrons. The molecule has 5 rings (SSSR count). The number of aliphatic imine (C=N–C) groups is 1. The van der Waals surface area contributed by atoms with E-state index in [0.717, 1.165) is 36.9 Å². The summed E-state index contributed by atoms with van der Waals surface area (Å²) in [6, 6.07) is 17.4. The maximum absolute atomic E-state index is 12.5. The summed E-state index contributed by atoms with van der Waals surface area (Å²) in [6.45, 7) is 5.52. The molecule has 0 aliphatic carbocycles. The van der Waals surface area contributed by atoms with Crippen LogP contribution in [0.3, 0.4) is 0 Å². The molecule has 1 amide bonds. The molecule has 1 fully saturated rings. The fourth-order valence-corrected chi connectivity index (χ4v) is 5.35. The van der Waals surface area contributed by atoms with Crippen LogP contribution in [0.4, 0.5) is 5.69 Å². The SMILES string of the molecule is Cc1cccc(N2CCN(C3=NC(=O)/C(=C/c4ccc(-c5ccc(Cl)cc5Cl)o4)S3)CC2)c1. The number of amidine groups is 1. The van der Waals surface area contributed by atoms with Crippen molar-refractivity contribution in [3.05, 3.63) is 80.9 Å². The number of furan rings is 1. The zero-order valence-corrected chi connectivity index (χ0v) is 20.3. The monoisotopic (exact) mass is 497 g/mol.